The fourth-order valence-electron chi connectivity index (χ4n) is 5.22. The highest BCUT2D eigenvalue weighted by Crippen LogP contribution is 2.31. The van der Waals surface area contributed by atoms with Crippen LogP contribution in [0.3, 0.4) is 0 Å². The van der Waals surface area contributed by atoms with Gasteiger partial charge >= 0.3 is 0 Å². The van der Waals surface area contributed by atoms with E-state index in [1.165, 1.54) is 11.6 Å². The summed E-state index contributed by atoms with van der Waals surface area (Å²) < 4.78 is 0. The van der Waals surface area contributed by atoms with Gasteiger partial charge in [0.1, 0.15) is 11.7 Å². The number of nitrogens with one attached hydrogen (secondary N) is 2. The number of allylic oxidation sites excluding steroid dienone is 1. The molecule has 0 saturated carbocycles. The average molecular weight is 535 g/mol. The molecule has 2 aromatic carbocycles. The summed E-state index contributed by atoms with van der Waals surface area (Å²) in [6.07, 6.45) is 3.04. The third-order valence-corrected chi connectivity index (χ3v) is 7.60. The molecule has 1 fully saturated rings. The summed E-state index contributed by atoms with van der Waals surface area (Å²) in [7, 11) is 2.12. The minimum atomic E-state index is -0.829. The number of anilines is 1. The number of likely N-dealkylation sites (N-methyl/N-ethyl adjacent to an activating group) is 1. The van der Waals surface area contributed by atoms with Crippen molar-refractivity contribution in [2.45, 2.75) is 52.1 Å². The minimum absolute atomic E-state index is 0.142. The molecule has 2 N–H and O–H groups in total. The molecule has 200 valence electrons. The third kappa shape index (κ3) is 6.00. The monoisotopic (exact) mass is 534 g/mol. The summed E-state index contributed by atoms with van der Waals surface area (Å²) in [6, 6.07) is 13.4. The van der Waals surface area contributed by atoms with E-state index in [2.05, 4.69) is 61.2 Å². The molecule has 2 unspecified atom stereocenters. The van der Waals surface area contributed by atoms with Gasteiger partial charge in [-0.25, -0.2) is 0 Å². The number of amides is 3. The molecule has 8 heteroatoms. The largest absolute Gasteiger partial charge is 0.351 e. The number of piperidine rings is 1. The molecule has 0 aliphatic carbocycles. The van der Waals surface area contributed by atoms with E-state index in [1.54, 1.807) is 0 Å². The lowest BCUT2D eigenvalue weighted by Crippen LogP contribution is -2.52. The van der Waals surface area contributed by atoms with Crippen LogP contribution in [0.1, 0.15) is 49.4 Å². The predicted molar refractivity (Wildman–Crippen MR) is 150 cm³/mol. The number of halogens is 1. The predicted octanol–water partition coefficient (Wildman–Crippen LogP) is 4.98. The van der Waals surface area contributed by atoms with E-state index in [0.29, 0.717) is 30.1 Å². The molecule has 2 aliphatic heterocycles. The van der Waals surface area contributed by atoms with Crippen LogP contribution >= 0.6 is 11.6 Å². The Morgan fingerprint density at radius 1 is 1.18 bits per heavy atom. The fourth-order valence-corrected chi connectivity index (χ4v) is 5.42. The van der Waals surface area contributed by atoms with Crippen LogP contribution in [0.15, 0.2) is 66.5 Å². The Hall–Kier alpha value is -3.42. The van der Waals surface area contributed by atoms with Crippen molar-refractivity contribution < 1.29 is 14.4 Å². The number of benzene rings is 2. The van der Waals surface area contributed by atoms with Crippen LogP contribution in [0.5, 0.6) is 0 Å². The number of carbonyl (C=O) groups is 3. The van der Waals surface area contributed by atoms with Crippen LogP contribution in [-0.4, -0.2) is 47.2 Å². The van der Waals surface area contributed by atoms with Gasteiger partial charge in [0.15, 0.2) is 0 Å². The first kappa shape index (κ1) is 27.6. The summed E-state index contributed by atoms with van der Waals surface area (Å²) >= 11 is 6.31. The van der Waals surface area contributed by atoms with Gasteiger partial charge in [0.05, 0.1) is 0 Å². The first-order valence-corrected chi connectivity index (χ1v) is 13.3. The van der Waals surface area contributed by atoms with Crippen LogP contribution in [0.25, 0.3) is 0 Å². The van der Waals surface area contributed by atoms with Gasteiger partial charge in [-0.05, 0) is 74.0 Å². The Labute approximate surface area is 229 Å². The zero-order chi connectivity index (χ0) is 27.6. The van der Waals surface area contributed by atoms with Gasteiger partial charge in [0.25, 0.3) is 11.8 Å². The van der Waals surface area contributed by atoms with E-state index in [1.807, 2.05) is 31.2 Å². The van der Waals surface area contributed by atoms with Crippen molar-refractivity contribution in [3.8, 4) is 0 Å². The van der Waals surface area contributed by atoms with E-state index < -0.39 is 17.9 Å². The number of nitrogens with zero attached hydrogens (tertiary/aromatic N) is 2. The molecule has 2 aromatic rings. The van der Waals surface area contributed by atoms with E-state index in [0.717, 1.165) is 34.0 Å². The zero-order valence-corrected chi connectivity index (χ0v) is 23.1. The zero-order valence-electron chi connectivity index (χ0n) is 22.4. The van der Waals surface area contributed by atoms with Crippen molar-refractivity contribution in [3.05, 3.63) is 88.2 Å². The number of imide groups is 1. The number of rotatable bonds is 9. The number of hydrogen-bond acceptors (Lipinski definition) is 5. The maximum absolute atomic E-state index is 13.1. The van der Waals surface area contributed by atoms with Gasteiger partial charge in [-0.15, -0.1) is 0 Å². The van der Waals surface area contributed by atoms with Crippen LogP contribution in [0, 0.1) is 12.8 Å². The van der Waals surface area contributed by atoms with E-state index in [-0.39, 0.29) is 17.6 Å². The second kappa shape index (κ2) is 11.5. The first-order chi connectivity index (χ1) is 18.0. The van der Waals surface area contributed by atoms with Crippen molar-refractivity contribution in [2.75, 3.05) is 18.9 Å². The van der Waals surface area contributed by atoms with Crippen molar-refractivity contribution in [2.24, 2.45) is 5.92 Å². The highest BCUT2D eigenvalue weighted by Gasteiger charge is 2.41. The van der Waals surface area contributed by atoms with Crippen LogP contribution in [-0.2, 0) is 20.8 Å². The molecule has 3 amide bonds. The lowest BCUT2D eigenvalue weighted by atomic mass is 9.94. The Balaban J connectivity index is 1.46. The van der Waals surface area contributed by atoms with E-state index in [9.17, 15) is 14.4 Å². The molecule has 2 aliphatic rings. The van der Waals surface area contributed by atoms with Gasteiger partial charge in [-0.2, -0.15) is 0 Å². The molecule has 0 bridgehead atoms. The molecule has 0 radical (unpaired) electrons. The standard InChI is InChI=1S/C30H35ClN4O3/c1-18(2)28(34(5)14-13-21-11-9-19(3)24(31)15-21)22-7-6-8-23(16-22)33-25-17-27(36)35(30(25)38)26-12-10-20(4)32-29(26)37/h6-9,11,15-18,26,28,33H,4,10,12-14H2,1-3,5H3,(H,32,37). The highest BCUT2D eigenvalue weighted by atomic mass is 35.5. The molecule has 4 rings (SSSR count). The van der Waals surface area contributed by atoms with Crippen LogP contribution in [0.2, 0.25) is 5.02 Å². The molecular weight excluding hydrogens is 500 g/mol. The summed E-state index contributed by atoms with van der Waals surface area (Å²) in [4.78, 5) is 41.5. The second-order valence-electron chi connectivity index (χ2n) is 10.5. The van der Waals surface area contributed by atoms with Gasteiger partial charge in [-0.3, -0.25) is 24.2 Å². The quantitative estimate of drug-likeness (QED) is 0.444. The first-order valence-electron chi connectivity index (χ1n) is 12.9. The average Bonchev–Trinajstić information content (AvgIpc) is 3.12. The number of hydrogen-bond donors (Lipinski definition) is 2. The van der Waals surface area contributed by atoms with Crippen LogP contribution < -0.4 is 10.6 Å². The highest BCUT2D eigenvalue weighted by molar-refractivity contribution is 6.31. The van der Waals surface area contributed by atoms with Crippen molar-refractivity contribution >= 4 is 35.0 Å². The molecule has 38 heavy (non-hydrogen) atoms. The van der Waals surface area contributed by atoms with Gasteiger partial charge in [-0.1, -0.05) is 56.3 Å². The molecule has 0 spiro atoms. The van der Waals surface area contributed by atoms with Crippen LogP contribution in [0.4, 0.5) is 5.69 Å². The second-order valence-corrected chi connectivity index (χ2v) is 10.9. The fraction of sp³-hybridized carbons (Fsp3) is 0.367. The van der Waals surface area contributed by atoms with Gasteiger partial charge < -0.3 is 10.6 Å². The third-order valence-electron chi connectivity index (χ3n) is 7.19. The summed E-state index contributed by atoms with van der Waals surface area (Å²) in [5.41, 5.74) is 4.84. The number of carbonyl (C=O) groups excluding carboxylic acids is 3. The molecule has 2 atom stereocenters. The molecule has 7 nitrogen and oxygen atoms in total. The van der Waals surface area contributed by atoms with Crippen molar-refractivity contribution in [1.29, 1.82) is 0 Å². The molecule has 0 aromatic heterocycles. The lowest BCUT2D eigenvalue weighted by Gasteiger charge is -2.32. The van der Waals surface area contributed by atoms with Crippen molar-refractivity contribution in [1.82, 2.24) is 15.1 Å². The number of aryl methyl sites for hydroxylation is 1. The van der Waals surface area contributed by atoms with E-state index in [4.69, 9.17) is 11.6 Å². The maximum Gasteiger partial charge on any atom is 0.278 e. The Kier molecular flexibility index (Phi) is 8.38. The molecular formula is C30H35ClN4O3. The molecule has 1 saturated heterocycles. The van der Waals surface area contributed by atoms with E-state index >= 15 is 0 Å². The SMILES string of the molecule is C=C1CCC(N2C(=O)C=C(Nc3cccc(C(C(C)C)N(C)CCc4ccc(C)c(Cl)c4)c3)C2=O)C(=O)N1. The Morgan fingerprint density at radius 3 is 2.63 bits per heavy atom. The maximum atomic E-state index is 13.1. The summed E-state index contributed by atoms with van der Waals surface area (Å²) in [5, 5.41) is 6.55. The Morgan fingerprint density at radius 2 is 1.95 bits per heavy atom. The van der Waals surface area contributed by atoms with Gasteiger partial charge in [0.2, 0.25) is 5.91 Å². The van der Waals surface area contributed by atoms with Crippen molar-refractivity contribution in [3.63, 3.8) is 0 Å². The summed E-state index contributed by atoms with van der Waals surface area (Å²) in [6.45, 7) is 11.0. The molecule has 2 heterocycles. The smallest absolute Gasteiger partial charge is 0.278 e. The normalized spacial score (nSPS) is 18.8. The topological polar surface area (TPSA) is 81.8 Å². The lowest BCUT2D eigenvalue weighted by molar-refractivity contribution is -0.146. The summed E-state index contributed by atoms with van der Waals surface area (Å²) in [5.74, 6) is -1.03. The Bertz CT molecular complexity index is 1300. The van der Waals surface area contributed by atoms with Gasteiger partial charge in [0, 0.05) is 35.1 Å². The minimum Gasteiger partial charge on any atom is -0.351 e.